The summed E-state index contributed by atoms with van der Waals surface area (Å²) in [5.74, 6) is -0.283. The third-order valence-corrected chi connectivity index (χ3v) is 4.30. The summed E-state index contributed by atoms with van der Waals surface area (Å²) < 4.78 is 13.8. The van der Waals surface area contributed by atoms with Crippen molar-refractivity contribution in [2.24, 2.45) is 5.92 Å². The minimum Gasteiger partial charge on any atom is -0.342 e. The van der Waals surface area contributed by atoms with Crippen molar-refractivity contribution in [1.29, 1.82) is 0 Å². The summed E-state index contributed by atoms with van der Waals surface area (Å²) in [7, 11) is 0. The zero-order valence-corrected chi connectivity index (χ0v) is 12.0. The lowest BCUT2D eigenvalue weighted by Gasteiger charge is -2.39. The van der Waals surface area contributed by atoms with E-state index in [0.29, 0.717) is 12.0 Å². The van der Waals surface area contributed by atoms with Gasteiger partial charge in [-0.3, -0.25) is 9.59 Å². The number of hydrogen-bond acceptors (Lipinski definition) is 2. The van der Waals surface area contributed by atoms with Crippen molar-refractivity contribution in [3.8, 4) is 0 Å². The number of benzene rings is 1. The summed E-state index contributed by atoms with van der Waals surface area (Å²) in [5, 5.41) is 2.84. The van der Waals surface area contributed by atoms with Crippen LogP contribution < -0.4 is 5.32 Å². The van der Waals surface area contributed by atoms with E-state index in [-0.39, 0.29) is 30.1 Å². The number of amides is 2. The standard InChI is InChI=1S/C16H19FN2O2/c1-2-13-15(20)18-14(10-7-8-10)16(21)19(13)9-11-5-3-4-6-12(11)17/h3-6,10,13-14H,2,7-9H2,1H3,(H,18,20). The van der Waals surface area contributed by atoms with Gasteiger partial charge in [-0.05, 0) is 31.2 Å². The monoisotopic (exact) mass is 290 g/mol. The molecule has 2 aliphatic rings. The van der Waals surface area contributed by atoms with Crippen molar-refractivity contribution in [1.82, 2.24) is 10.2 Å². The van der Waals surface area contributed by atoms with Crippen LogP contribution in [0.1, 0.15) is 31.7 Å². The summed E-state index contributed by atoms with van der Waals surface area (Å²) in [6.07, 6.45) is 2.48. The SMILES string of the molecule is CCC1C(=O)NC(C2CC2)C(=O)N1Cc1ccccc1F. The van der Waals surface area contributed by atoms with Gasteiger partial charge in [-0.15, -0.1) is 0 Å². The van der Waals surface area contributed by atoms with Gasteiger partial charge in [-0.25, -0.2) is 4.39 Å². The van der Waals surface area contributed by atoms with Gasteiger partial charge < -0.3 is 10.2 Å². The van der Waals surface area contributed by atoms with E-state index in [2.05, 4.69) is 5.32 Å². The number of rotatable bonds is 4. The lowest BCUT2D eigenvalue weighted by Crippen LogP contribution is -2.63. The van der Waals surface area contributed by atoms with Crippen LogP contribution in [0.2, 0.25) is 0 Å². The summed E-state index contributed by atoms with van der Waals surface area (Å²) in [6.45, 7) is 2.02. The topological polar surface area (TPSA) is 49.4 Å². The number of halogens is 1. The molecule has 0 radical (unpaired) electrons. The Morgan fingerprint density at radius 3 is 2.62 bits per heavy atom. The highest BCUT2D eigenvalue weighted by Crippen LogP contribution is 2.35. The van der Waals surface area contributed by atoms with Gasteiger partial charge in [0.25, 0.3) is 0 Å². The van der Waals surface area contributed by atoms with E-state index in [9.17, 15) is 14.0 Å². The third kappa shape index (κ3) is 2.64. The Morgan fingerprint density at radius 2 is 2.00 bits per heavy atom. The second-order valence-electron chi connectivity index (χ2n) is 5.81. The van der Waals surface area contributed by atoms with Crippen LogP contribution in [-0.2, 0) is 16.1 Å². The van der Waals surface area contributed by atoms with Gasteiger partial charge >= 0.3 is 0 Å². The van der Waals surface area contributed by atoms with Crippen molar-refractivity contribution >= 4 is 11.8 Å². The molecule has 0 spiro atoms. The van der Waals surface area contributed by atoms with E-state index in [0.717, 1.165) is 12.8 Å². The van der Waals surface area contributed by atoms with Crippen molar-refractivity contribution < 1.29 is 14.0 Å². The van der Waals surface area contributed by atoms with Gasteiger partial charge in [0.05, 0.1) is 0 Å². The number of carbonyl (C=O) groups excluding carboxylic acids is 2. The Balaban J connectivity index is 1.86. The molecule has 5 heteroatoms. The second-order valence-corrected chi connectivity index (χ2v) is 5.81. The molecule has 0 bridgehead atoms. The van der Waals surface area contributed by atoms with Gasteiger partial charge in [0, 0.05) is 12.1 Å². The molecule has 1 aliphatic carbocycles. The smallest absolute Gasteiger partial charge is 0.246 e. The molecular formula is C16H19FN2O2. The highest BCUT2D eigenvalue weighted by molar-refractivity contribution is 5.97. The average Bonchev–Trinajstić information content (AvgIpc) is 3.29. The fourth-order valence-corrected chi connectivity index (χ4v) is 2.94. The second kappa shape index (κ2) is 5.47. The van der Waals surface area contributed by atoms with Crippen molar-refractivity contribution in [3.05, 3.63) is 35.6 Å². The van der Waals surface area contributed by atoms with Crippen molar-refractivity contribution in [3.63, 3.8) is 0 Å². The number of carbonyl (C=O) groups is 2. The molecule has 2 amide bonds. The minimum absolute atomic E-state index is 0.0767. The molecule has 3 rings (SSSR count). The zero-order chi connectivity index (χ0) is 15.0. The molecule has 1 aromatic rings. The van der Waals surface area contributed by atoms with Crippen molar-refractivity contribution in [2.75, 3.05) is 0 Å². The Hall–Kier alpha value is -1.91. The fourth-order valence-electron chi connectivity index (χ4n) is 2.94. The Morgan fingerprint density at radius 1 is 1.29 bits per heavy atom. The zero-order valence-electron chi connectivity index (χ0n) is 12.0. The van der Waals surface area contributed by atoms with E-state index in [1.165, 1.54) is 6.07 Å². The van der Waals surface area contributed by atoms with Crippen LogP contribution >= 0.6 is 0 Å². The van der Waals surface area contributed by atoms with Gasteiger partial charge in [-0.1, -0.05) is 25.1 Å². The normalized spacial score (nSPS) is 25.9. The van der Waals surface area contributed by atoms with Gasteiger partial charge in [0.15, 0.2) is 0 Å². The molecule has 4 nitrogen and oxygen atoms in total. The van der Waals surface area contributed by atoms with E-state index in [1.54, 1.807) is 23.1 Å². The van der Waals surface area contributed by atoms with E-state index >= 15 is 0 Å². The van der Waals surface area contributed by atoms with Crippen LogP contribution in [0.3, 0.4) is 0 Å². The first-order valence-electron chi connectivity index (χ1n) is 7.46. The van der Waals surface area contributed by atoms with E-state index in [1.807, 2.05) is 6.92 Å². The Kier molecular flexibility index (Phi) is 3.66. The first kappa shape index (κ1) is 14.0. The Bertz CT molecular complexity index is 571. The number of nitrogens with one attached hydrogen (secondary N) is 1. The molecule has 1 saturated heterocycles. The Labute approximate surface area is 123 Å². The molecule has 21 heavy (non-hydrogen) atoms. The number of piperazine rings is 1. The highest BCUT2D eigenvalue weighted by atomic mass is 19.1. The van der Waals surface area contributed by atoms with Crippen LogP contribution in [0.15, 0.2) is 24.3 Å². The molecule has 1 saturated carbocycles. The van der Waals surface area contributed by atoms with Gasteiger partial charge in [0.1, 0.15) is 17.9 Å². The molecule has 112 valence electrons. The molecule has 1 aromatic carbocycles. The molecule has 2 unspecified atom stereocenters. The maximum atomic E-state index is 13.8. The van der Waals surface area contributed by atoms with Crippen LogP contribution in [0.4, 0.5) is 4.39 Å². The number of nitrogens with zero attached hydrogens (tertiary/aromatic N) is 1. The van der Waals surface area contributed by atoms with Crippen molar-refractivity contribution in [2.45, 2.75) is 44.8 Å². The predicted octanol–water partition coefficient (Wildman–Crippen LogP) is 1.84. The van der Waals surface area contributed by atoms with Crippen LogP contribution in [0.25, 0.3) is 0 Å². The minimum atomic E-state index is -0.507. The van der Waals surface area contributed by atoms with Gasteiger partial charge in [0.2, 0.25) is 11.8 Å². The quantitative estimate of drug-likeness (QED) is 0.920. The van der Waals surface area contributed by atoms with E-state index < -0.39 is 12.1 Å². The molecule has 1 aliphatic heterocycles. The summed E-state index contributed by atoms with van der Waals surface area (Å²) >= 11 is 0. The van der Waals surface area contributed by atoms with E-state index in [4.69, 9.17) is 0 Å². The van der Waals surface area contributed by atoms with Crippen LogP contribution in [0, 0.1) is 11.7 Å². The molecule has 2 atom stereocenters. The third-order valence-electron chi connectivity index (χ3n) is 4.30. The summed E-state index contributed by atoms with van der Waals surface area (Å²) in [6, 6.07) is 5.47. The average molecular weight is 290 g/mol. The molecule has 1 N–H and O–H groups in total. The van der Waals surface area contributed by atoms with Gasteiger partial charge in [-0.2, -0.15) is 0 Å². The molecular weight excluding hydrogens is 271 g/mol. The molecule has 1 heterocycles. The maximum Gasteiger partial charge on any atom is 0.246 e. The fraction of sp³-hybridized carbons (Fsp3) is 0.500. The summed E-state index contributed by atoms with van der Waals surface area (Å²) in [5.41, 5.74) is 0.452. The first-order valence-corrected chi connectivity index (χ1v) is 7.46. The van der Waals surface area contributed by atoms with Crippen LogP contribution in [0.5, 0.6) is 0 Å². The molecule has 0 aromatic heterocycles. The highest BCUT2D eigenvalue weighted by Gasteiger charge is 2.46. The largest absolute Gasteiger partial charge is 0.342 e. The maximum absolute atomic E-state index is 13.8. The first-order chi connectivity index (χ1) is 10.1. The number of hydrogen-bond donors (Lipinski definition) is 1. The molecule has 2 fully saturated rings. The predicted molar refractivity (Wildman–Crippen MR) is 75.7 cm³/mol. The van der Waals surface area contributed by atoms with Crippen LogP contribution in [-0.4, -0.2) is 28.8 Å². The lowest BCUT2D eigenvalue weighted by atomic mass is 10.0. The lowest BCUT2D eigenvalue weighted by molar-refractivity contribution is -0.150. The summed E-state index contributed by atoms with van der Waals surface area (Å²) in [4.78, 5) is 26.4.